The second kappa shape index (κ2) is 12.8. The highest BCUT2D eigenvalue weighted by molar-refractivity contribution is 5.89. The number of hydrogen-bond donors (Lipinski definition) is 1. The zero-order chi connectivity index (χ0) is 30.6. The maximum absolute atomic E-state index is 14.1. The van der Waals surface area contributed by atoms with E-state index in [1.807, 2.05) is 48.0 Å². The van der Waals surface area contributed by atoms with Crippen molar-refractivity contribution in [2.75, 3.05) is 6.61 Å². The molecule has 0 bridgehead atoms. The van der Waals surface area contributed by atoms with Gasteiger partial charge in [-0.05, 0) is 72.7 Å². The van der Waals surface area contributed by atoms with Gasteiger partial charge in [0.05, 0.1) is 18.2 Å². The summed E-state index contributed by atoms with van der Waals surface area (Å²) >= 11 is 0. The number of benzene rings is 3. The predicted molar refractivity (Wildman–Crippen MR) is 170 cm³/mol. The number of aromatic nitrogens is 6. The van der Waals surface area contributed by atoms with Gasteiger partial charge >= 0.3 is 5.97 Å². The molecule has 1 N–H and O–H groups in total. The molecular weight excluding hydrogens is 552 g/mol. The molecule has 0 aliphatic carbocycles. The summed E-state index contributed by atoms with van der Waals surface area (Å²) in [5.74, 6) is 0.350. The molecule has 0 saturated heterocycles. The summed E-state index contributed by atoms with van der Waals surface area (Å²) < 4.78 is 9.41. The van der Waals surface area contributed by atoms with Gasteiger partial charge in [-0.3, -0.25) is 9.48 Å². The normalized spacial score (nSPS) is 16.8. The Hall–Kier alpha value is -4.79. The Balaban J connectivity index is 1.29. The molecule has 226 valence electrons. The number of nitrogens with zero attached hydrogens (tertiary/aromatic N) is 5. The van der Waals surface area contributed by atoms with Gasteiger partial charge in [0.25, 0.3) is 5.56 Å². The number of tetrazole rings is 1. The van der Waals surface area contributed by atoms with E-state index in [4.69, 9.17) is 4.74 Å². The van der Waals surface area contributed by atoms with E-state index < -0.39 is 0 Å². The Kier molecular flexibility index (Phi) is 8.54. The van der Waals surface area contributed by atoms with Crippen LogP contribution in [0.3, 0.4) is 0 Å². The third-order valence-electron chi connectivity index (χ3n) is 8.73. The average molecular weight is 591 g/mol. The summed E-state index contributed by atoms with van der Waals surface area (Å²) in [5, 5.41) is 14.5. The smallest absolute Gasteiger partial charge is 0.338 e. The maximum Gasteiger partial charge on any atom is 0.338 e. The van der Waals surface area contributed by atoms with Gasteiger partial charge in [0.1, 0.15) is 0 Å². The monoisotopic (exact) mass is 590 g/mol. The first-order chi connectivity index (χ1) is 21.5. The number of nitrogens with one attached hydrogen (secondary N) is 1. The van der Waals surface area contributed by atoms with Crippen LogP contribution in [0.5, 0.6) is 0 Å². The van der Waals surface area contributed by atoms with Gasteiger partial charge in [-0.15, -0.1) is 10.2 Å². The van der Waals surface area contributed by atoms with E-state index in [0.29, 0.717) is 24.4 Å². The standard InChI is InChI=1S/C35H38N6O3/c1-4-9-30(26-10-8-11-27(21-26)35(43)44-5-2)32-19-14-23(3)40-22-28(34(42)41(32)40)20-24-15-17-25(18-16-24)29-12-6-7-13-31(29)33-36-38-39-37-33/h6-8,10-13,15-18,21-23,30,32H,4-5,9,14,19-20H2,1-3H3,(H,36,37,38,39). The molecule has 0 amide bonds. The van der Waals surface area contributed by atoms with Crippen molar-refractivity contribution in [3.63, 3.8) is 0 Å². The highest BCUT2D eigenvalue weighted by Crippen LogP contribution is 2.40. The summed E-state index contributed by atoms with van der Waals surface area (Å²) in [4.78, 5) is 26.6. The third-order valence-corrected chi connectivity index (χ3v) is 8.73. The van der Waals surface area contributed by atoms with Crippen LogP contribution in [0, 0.1) is 0 Å². The number of ether oxygens (including phenoxy) is 1. The number of fused-ring (bicyclic) bond motifs is 1. The fraction of sp³-hybridized carbons (Fsp3) is 0.343. The number of rotatable bonds is 10. The van der Waals surface area contributed by atoms with E-state index in [9.17, 15) is 9.59 Å². The fourth-order valence-electron chi connectivity index (χ4n) is 6.58. The molecule has 2 aromatic heterocycles. The molecule has 0 saturated carbocycles. The van der Waals surface area contributed by atoms with Crippen LogP contribution < -0.4 is 5.56 Å². The molecule has 0 fully saturated rings. The number of esters is 1. The number of hydrogen-bond acceptors (Lipinski definition) is 6. The van der Waals surface area contributed by atoms with Crippen molar-refractivity contribution in [1.82, 2.24) is 30.0 Å². The van der Waals surface area contributed by atoms with Crippen molar-refractivity contribution in [2.45, 2.75) is 70.9 Å². The van der Waals surface area contributed by atoms with Crippen LogP contribution in [0.2, 0.25) is 0 Å². The molecule has 6 rings (SSSR count). The predicted octanol–water partition coefficient (Wildman–Crippen LogP) is 6.74. The first-order valence-corrected chi connectivity index (χ1v) is 15.5. The van der Waals surface area contributed by atoms with Gasteiger partial charge in [-0.1, -0.05) is 74.0 Å². The fourth-order valence-corrected chi connectivity index (χ4v) is 6.58. The van der Waals surface area contributed by atoms with E-state index in [0.717, 1.165) is 59.1 Å². The molecule has 9 nitrogen and oxygen atoms in total. The van der Waals surface area contributed by atoms with Crippen molar-refractivity contribution >= 4 is 5.97 Å². The summed E-state index contributed by atoms with van der Waals surface area (Å²) in [5.41, 5.74) is 6.53. The largest absolute Gasteiger partial charge is 0.462 e. The minimum absolute atomic E-state index is 0.00821. The summed E-state index contributed by atoms with van der Waals surface area (Å²) in [6, 6.07) is 24.3. The highest BCUT2D eigenvalue weighted by Gasteiger charge is 2.33. The first kappa shape index (κ1) is 29.3. The van der Waals surface area contributed by atoms with Gasteiger partial charge in [0.15, 0.2) is 0 Å². The van der Waals surface area contributed by atoms with Gasteiger partial charge in [0.2, 0.25) is 5.82 Å². The van der Waals surface area contributed by atoms with E-state index in [1.54, 1.807) is 6.07 Å². The Morgan fingerprint density at radius 3 is 2.55 bits per heavy atom. The lowest BCUT2D eigenvalue weighted by Gasteiger charge is -2.36. The number of aromatic amines is 1. The molecule has 1 aliphatic heterocycles. The summed E-state index contributed by atoms with van der Waals surface area (Å²) in [6.07, 6.45) is 6.40. The van der Waals surface area contributed by atoms with Crippen molar-refractivity contribution < 1.29 is 9.53 Å². The van der Waals surface area contributed by atoms with E-state index in [-0.39, 0.29) is 29.5 Å². The lowest BCUT2D eigenvalue weighted by Crippen LogP contribution is -2.37. The zero-order valence-electron chi connectivity index (χ0n) is 25.4. The molecule has 3 aromatic carbocycles. The van der Waals surface area contributed by atoms with E-state index in [2.05, 4.69) is 75.7 Å². The van der Waals surface area contributed by atoms with Crippen molar-refractivity contribution in [1.29, 1.82) is 0 Å². The molecular formula is C35H38N6O3. The Labute approximate surface area is 256 Å². The lowest BCUT2D eigenvalue weighted by molar-refractivity contribution is 0.0526. The van der Waals surface area contributed by atoms with Gasteiger partial charge in [0, 0.05) is 35.7 Å². The first-order valence-electron chi connectivity index (χ1n) is 15.5. The molecule has 0 spiro atoms. The number of H-pyrrole nitrogens is 1. The number of carbonyl (C=O) groups is 1. The topological polar surface area (TPSA) is 108 Å². The quantitative estimate of drug-likeness (QED) is 0.180. The second-order valence-corrected chi connectivity index (χ2v) is 11.6. The van der Waals surface area contributed by atoms with Crippen molar-refractivity contribution in [2.24, 2.45) is 0 Å². The van der Waals surface area contributed by atoms with Crippen LogP contribution in [0.4, 0.5) is 0 Å². The molecule has 3 heterocycles. The SMILES string of the molecule is CCCC(c1cccc(C(=O)OCC)c1)C1CCC(C)n2cc(Cc3ccc(-c4ccccc4-c4nn[nH]n4)cc3)c(=O)n21. The highest BCUT2D eigenvalue weighted by atomic mass is 16.5. The van der Waals surface area contributed by atoms with Gasteiger partial charge in [-0.25, -0.2) is 9.48 Å². The van der Waals surface area contributed by atoms with Crippen LogP contribution in [0.1, 0.15) is 91.5 Å². The zero-order valence-corrected chi connectivity index (χ0v) is 25.4. The van der Waals surface area contributed by atoms with Crippen molar-refractivity contribution in [3.05, 3.63) is 112 Å². The number of carbonyl (C=O) groups excluding carboxylic acids is 1. The molecule has 0 radical (unpaired) electrons. The summed E-state index contributed by atoms with van der Waals surface area (Å²) in [6.45, 7) is 6.51. The van der Waals surface area contributed by atoms with Crippen molar-refractivity contribution in [3.8, 4) is 22.5 Å². The molecule has 44 heavy (non-hydrogen) atoms. The van der Waals surface area contributed by atoms with Gasteiger partial charge in [-0.2, -0.15) is 5.21 Å². The Morgan fingerprint density at radius 1 is 1.02 bits per heavy atom. The lowest BCUT2D eigenvalue weighted by atomic mass is 9.83. The second-order valence-electron chi connectivity index (χ2n) is 11.6. The van der Waals surface area contributed by atoms with Crippen LogP contribution in [0.15, 0.2) is 83.8 Å². The minimum atomic E-state index is -0.311. The Bertz CT molecular complexity index is 1790. The minimum Gasteiger partial charge on any atom is -0.462 e. The van der Waals surface area contributed by atoms with E-state index >= 15 is 0 Å². The van der Waals surface area contributed by atoms with Crippen LogP contribution in [0.25, 0.3) is 22.5 Å². The molecule has 9 heteroatoms. The molecule has 3 unspecified atom stereocenters. The van der Waals surface area contributed by atoms with Gasteiger partial charge < -0.3 is 4.74 Å². The van der Waals surface area contributed by atoms with Crippen LogP contribution in [-0.4, -0.2) is 42.6 Å². The van der Waals surface area contributed by atoms with E-state index in [1.165, 1.54) is 0 Å². The molecule has 1 aliphatic rings. The molecule has 3 atom stereocenters. The Morgan fingerprint density at radius 2 is 1.82 bits per heavy atom. The molecule has 5 aromatic rings. The van der Waals surface area contributed by atoms with Crippen LogP contribution >= 0.6 is 0 Å². The average Bonchev–Trinajstić information content (AvgIpc) is 3.70. The maximum atomic E-state index is 14.1. The summed E-state index contributed by atoms with van der Waals surface area (Å²) in [7, 11) is 0. The van der Waals surface area contributed by atoms with Crippen LogP contribution in [-0.2, 0) is 11.2 Å². The third kappa shape index (κ3) is 5.74.